The Morgan fingerprint density at radius 2 is 2.00 bits per heavy atom. The summed E-state index contributed by atoms with van der Waals surface area (Å²) in [6, 6.07) is 8.55. The van der Waals surface area contributed by atoms with E-state index in [-0.39, 0.29) is 18.0 Å². The van der Waals surface area contributed by atoms with E-state index >= 15 is 0 Å². The summed E-state index contributed by atoms with van der Waals surface area (Å²) in [5.74, 6) is 0.405. The molecule has 1 aromatic carbocycles. The topological polar surface area (TPSA) is 61.3 Å². The van der Waals surface area contributed by atoms with Gasteiger partial charge in [-0.3, -0.25) is 0 Å². The Labute approximate surface area is 151 Å². The van der Waals surface area contributed by atoms with Crippen molar-refractivity contribution in [1.82, 2.24) is 10.2 Å². The lowest BCUT2D eigenvalue weighted by atomic mass is 10.0. The van der Waals surface area contributed by atoms with Gasteiger partial charge in [0, 0.05) is 24.3 Å². The number of rotatable bonds is 5. The molecule has 1 aliphatic heterocycles. The van der Waals surface area contributed by atoms with Crippen molar-refractivity contribution in [2.75, 3.05) is 29.6 Å². The van der Waals surface area contributed by atoms with Gasteiger partial charge >= 0.3 is 0 Å². The van der Waals surface area contributed by atoms with E-state index in [1.807, 2.05) is 31.4 Å². The van der Waals surface area contributed by atoms with E-state index in [1.54, 1.807) is 6.07 Å². The summed E-state index contributed by atoms with van der Waals surface area (Å²) in [5, 5.41) is 22.2. The molecule has 0 radical (unpaired) electrons. The highest BCUT2D eigenvalue weighted by Gasteiger charge is 2.22. The molecule has 0 aliphatic carbocycles. The molecule has 1 fully saturated rings. The van der Waals surface area contributed by atoms with Crippen LogP contribution in [0, 0.1) is 5.82 Å². The van der Waals surface area contributed by atoms with Gasteiger partial charge in [-0.25, -0.2) is 4.39 Å². The average Bonchev–Trinajstić information content (AvgIpc) is 2.63. The Bertz CT molecular complexity index is 705. The first-order valence-electron chi connectivity index (χ1n) is 8.43. The summed E-state index contributed by atoms with van der Waals surface area (Å²) < 4.78 is 13.9. The van der Waals surface area contributed by atoms with E-state index < -0.39 is 0 Å². The molecule has 1 aliphatic rings. The molecule has 0 spiro atoms. The number of aromatic nitrogens is 2. The zero-order chi connectivity index (χ0) is 17.8. The van der Waals surface area contributed by atoms with Gasteiger partial charge < -0.3 is 15.3 Å². The number of nitrogens with zero attached hydrogens (tertiary/aromatic N) is 3. The molecule has 1 aromatic heterocycles. The quantitative estimate of drug-likeness (QED) is 0.794. The van der Waals surface area contributed by atoms with Gasteiger partial charge in [0.15, 0.2) is 0 Å². The Morgan fingerprint density at radius 1 is 1.24 bits per heavy atom. The summed E-state index contributed by atoms with van der Waals surface area (Å²) in [5.41, 5.74) is 1.88. The van der Waals surface area contributed by atoms with Crippen LogP contribution >= 0.6 is 11.8 Å². The highest BCUT2D eigenvalue weighted by atomic mass is 32.2. The average molecular weight is 362 g/mol. The lowest BCUT2D eigenvalue weighted by Crippen LogP contribution is -2.36. The molecule has 134 valence electrons. The van der Waals surface area contributed by atoms with Crippen LogP contribution in [0.25, 0.3) is 0 Å². The Morgan fingerprint density at radius 3 is 2.64 bits per heavy atom. The van der Waals surface area contributed by atoms with Gasteiger partial charge in [0.25, 0.3) is 0 Å². The minimum Gasteiger partial charge on any atom is -0.393 e. The standard InChI is InChI=1S/C18H23FN4OS/c1-12(20-17-5-6-18(25-2)22-21-17)15-11-13(19)3-4-16(15)23-9-7-14(24)8-10-23/h3-6,11-12,14,24H,7-10H2,1-2H3,(H,20,21). The first kappa shape index (κ1) is 17.9. The molecule has 2 heterocycles. The number of nitrogens with one attached hydrogen (secondary N) is 1. The predicted octanol–water partition coefficient (Wildman–Crippen LogP) is 3.47. The molecule has 2 aromatic rings. The van der Waals surface area contributed by atoms with Crippen molar-refractivity contribution >= 4 is 23.3 Å². The number of thioether (sulfide) groups is 1. The molecule has 5 nitrogen and oxygen atoms in total. The van der Waals surface area contributed by atoms with Crippen molar-refractivity contribution in [3.05, 3.63) is 41.7 Å². The van der Waals surface area contributed by atoms with Gasteiger partial charge in [0.05, 0.1) is 12.1 Å². The van der Waals surface area contributed by atoms with Crippen molar-refractivity contribution in [3.8, 4) is 0 Å². The number of piperidine rings is 1. The number of aliphatic hydroxyl groups is 1. The van der Waals surface area contributed by atoms with Crippen LogP contribution in [0.1, 0.15) is 31.4 Å². The zero-order valence-corrected chi connectivity index (χ0v) is 15.3. The predicted molar refractivity (Wildman–Crippen MR) is 99.7 cm³/mol. The maximum atomic E-state index is 13.9. The van der Waals surface area contributed by atoms with Crippen molar-refractivity contribution in [1.29, 1.82) is 0 Å². The van der Waals surface area contributed by atoms with Gasteiger partial charge in [0.2, 0.25) is 0 Å². The lowest BCUT2D eigenvalue weighted by molar-refractivity contribution is 0.145. The smallest absolute Gasteiger partial charge is 0.149 e. The molecule has 2 N–H and O–H groups in total. The third-order valence-corrected chi connectivity index (χ3v) is 5.11. The minimum atomic E-state index is -0.256. The normalized spacial score (nSPS) is 16.7. The number of aliphatic hydroxyl groups excluding tert-OH is 1. The second kappa shape index (κ2) is 8.01. The number of hydrogen-bond donors (Lipinski definition) is 2. The maximum absolute atomic E-state index is 13.9. The highest BCUT2D eigenvalue weighted by Crippen LogP contribution is 2.31. The van der Waals surface area contributed by atoms with Crippen molar-refractivity contribution in [3.63, 3.8) is 0 Å². The molecular formula is C18H23FN4OS. The van der Waals surface area contributed by atoms with E-state index in [0.717, 1.165) is 42.2 Å². The van der Waals surface area contributed by atoms with Crippen molar-refractivity contribution in [2.45, 2.75) is 36.9 Å². The van der Waals surface area contributed by atoms with Crippen molar-refractivity contribution in [2.24, 2.45) is 0 Å². The summed E-state index contributed by atoms with van der Waals surface area (Å²) >= 11 is 1.54. The number of anilines is 2. The van der Waals surface area contributed by atoms with Gasteiger partial charge in [-0.05, 0) is 56.4 Å². The van der Waals surface area contributed by atoms with Crippen molar-refractivity contribution < 1.29 is 9.50 Å². The molecule has 3 rings (SSSR count). The molecular weight excluding hydrogens is 339 g/mol. The number of hydrogen-bond acceptors (Lipinski definition) is 6. The second-order valence-electron chi connectivity index (χ2n) is 6.25. The fraction of sp³-hybridized carbons (Fsp3) is 0.444. The molecule has 1 unspecified atom stereocenters. The van der Waals surface area contributed by atoms with Crippen LogP contribution in [0.3, 0.4) is 0 Å². The fourth-order valence-electron chi connectivity index (χ4n) is 3.07. The van der Waals surface area contributed by atoms with Gasteiger partial charge in [0.1, 0.15) is 16.7 Å². The molecule has 0 bridgehead atoms. The molecule has 1 atom stereocenters. The van der Waals surface area contributed by atoms with Gasteiger partial charge in [-0.15, -0.1) is 22.0 Å². The van der Waals surface area contributed by atoms with Crippen LogP contribution in [0.2, 0.25) is 0 Å². The monoisotopic (exact) mass is 362 g/mol. The van der Waals surface area contributed by atoms with Gasteiger partial charge in [-0.2, -0.15) is 0 Å². The zero-order valence-electron chi connectivity index (χ0n) is 14.4. The van der Waals surface area contributed by atoms with Crippen LogP contribution in [0.15, 0.2) is 35.4 Å². The van der Waals surface area contributed by atoms with Crippen LogP contribution in [0.4, 0.5) is 15.9 Å². The lowest BCUT2D eigenvalue weighted by Gasteiger charge is -2.34. The van der Waals surface area contributed by atoms with Crippen LogP contribution in [-0.2, 0) is 0 Å². The Kier molecular flexibility index (Phi) is 5.75. The molecule has 25 heavy (non-hydrogen) atoms. The molecule has 0 amide bonds. The summed E-state index contributed by atoms with van der Waals surface area (Å²) in [7, 11) is 0. The van der Waals surface area contributed by atoms with E-state index in [0.29, 0.717) is 5.82 Å². The first-order valence-corrected chi connectivity index (χ1v) is 9.66. The maximum Gasteiger partial charge on any atom is 0.149 e. The number of halogens is 1. The molecule has 1 saturated heterocycles. The largest absolute Gasteiger partial charge is 0.393 e. The fourth-order valence-corrected chi connectivity index (χ4v) is 3.40. The van der Waals surface area contributed by atoms with Gasteiger partial charge in [-0.1, -0.05) is 0 Å². The summed E-state index contributed by atoms with van der Waals surface area (Å²) in [6.07, 6.45) is 3.19. The van der Waals surface area contributed by atoms with Crippen LogP contribution < -0.4 is 10.2 Å². The SMILES string of the molecule is CSc1ccc(NC(C)c2cc(F)ccc2N2CCC(O)CC2)nn1. The molecule has 0 saturated carbocycles. The number of benzene rings is 1. The third-order valence-electron chi connectivity index (χ3n) is 4.47. The van der Waals surface area contributed by atoms with E-state index in [1.165, 1.54) is 17.8 Å². The van der Waals surface area contributed by atoms with E-state index in [9.17, 15) is 9.50 Å². The summed E-state index contributed by atoms with van der Waals surface area (Å²) in [4.78, 5) is 2.21. The minimum absolute atomic E-state index is 0.119. The van der Waals surface area contributed by atoms with E-state index in [4.69, 9.17) is 0 Å². The van der Waals surface area contributed by atoms with Crippen LogP contribution in [0.5, 0.6) is 0 Å². The Hall–Kier alpha value is -1.86. The summed E-state index contributed by atoms with van der Waals surface area (Å²) in [6.45, 7) is 3.53. The third kappa shape index (κ3) is 4.41. The molecule has 7 heteroatoms. The van der Waals surface area contributed by atoms with E-state index in [2.05, 4.69) is 20.4 Å². The highest BCUT2D eigenvalue weighted by molar-refractivity contribution is 7.98. The second-order valence-corrected chi connectivity index (χ2v) is 7.07. The van der Waals surface area contributed by atoms with Crippen LogP contribution in [-0.4, -0.2) is 40.8 Å². The first-order chi connectivity index (χ1) is 12.1. The Balaban J connectivity index is 1.80.